The summed E-state index contributed by atoms with van der Waals surface area (Å²) in [5.41, 5.74) is 3.07. The molecular weight excluding hydrogens is 511 g/mol. The molecule has 0 saturated carbocycles. The van der Waals surface area contributed by atoms with Gasteiger partial charge in [0.15, 0.2) is 0 Å². The maximum atomic E-state index is 13.4. The van der Waals surface area contributed by atoms with Crippen LogP contribution in [-0.4, -0.2) is 71.7 Å². The molecule has 2 aromatic rings. The number of carbonyl (C=O) groups excluding carboxylic acids is 2. The van der Waals surface area contributed by atoms with Gasteiger partial charge >= 0.3 is 13.2 Å². The van der Waals surface area contributed by atoms with E-state index in [9.17, 15) is 19.6 Å². The summed E-state index contributed by atoms with van der Waals surface area (Å²) in [5.74, 6) is -0.0414. The predicted molar refractivity (Wildman–Crippen MR) is 152 cm³/mol. The summed E-state index contributed by atoms with van der Waals surface area (Å²) in [6.45, 7) is 10.6. The average Bonchev–Trinajstić information content (AvgIpc) is 3.37. The maximum Gasteiger partial charge on any atom is 0.488 e. The summed E-state index contributed by atoms with van der Waals surface area (Å²) in [5, 5.41) is 22.1. The van der Waals surface area contributed by atoms with Gasteiger partial charge in [0.25, 0.3) is 0 Å². The average molecular weight is 552 g/mol. The second-order valence-corrected chi connectivity index (χ2v) is 11.4. The van der Waals surface area contributed by atoms with Crippen LogP contribution in [0.1, 0.15) is 69.8 Å². The van der Waals surface area contributed by atoms with Crippen LogP contribution >= 0.6 is 0 Å². The third-order valence-electron chi connectivity index (χ3n) is 7.81. The van der Waals surface area contributed by atoms with Gasteiger partial charge in [-0.2, -0.15) is 0 Å². The summed E-state index contributed by atoms with van der Waals surface area (Å²) in [7, 11) is -1.62. The molecule has 2 saturated heterocycles. The number of benzene rings is 2. The van der Waals surface area contributed by atoms with Crippen LogP contribution in [0.25, 0.3) is 0 Å². The van der Waals surface area contributed by atoms with Crippen molar-refractivity contribution in [2.75, 3.05) is 13.3 Å². The zero-order valence-corrected chi connectivity index (χ0v) is 23.9. The molecule has 40 heavy (non-hydrogen) atoms. The molecule has 2 aliphatic rings. The number of carbonyl (C=O) groups is 2. The second-order valence-electron chi connectivity index (χ2n) is 11.4. The van der Waals surface area contributed by atoms with Crippen LogP contribution in [0.2, 0.25) is 0 Å². The number of amides is 2. The van der Waals surface area contributed by atoms with Crippen molar-refractivity contribution >= 4 is 24.6 Å². The minimum absolute atomic E-state index is 0.106. The number of nitrogens with zero attached hydrogens (tertiary/aromatic N) is 1. The van der Waals surface area contributed by atoms with E-state index in [-0.39, 0.29) is 30.9 Å². The van der Waals surface area contributed by atoms with Gasteiger partial charge in [-0.3, -0.25) is 9.69 Å². The highest BCUT2D eigenvalue weighted by molar-refractivity contribution is 6.58. The predicted octanol–water partition coefficient (Wildman–Crippen LogP) is 2.89. The van der Waals surface area contributed by atoms with Gasteiger partial charge in [0.2, 0.25) is 5.91 Å². The van der Waals surface area contributed by atoms with E-state index in [0.717, 1.165) is 12.0 Å². The van der Waals surface area contributed by atoms with E-state index in [1.54, 1.807) is 36.1 Å². The van der Waals surface area contributed by atoms with Gasteiger partial charge in [-0.15, -0.1) is 0 Å². The van der Waals surface area contributed by atoms with Crippen LogP contribution in [0, 0.1) is 5.92 Å². The Labute approximate surface area is 237 Å². The fourth-order valence-corrected chi connectivity index (χ4v) is 5.46. The monoisotopic (exact) mass is 552 g/mol. The van der Waals surface area contributed by atoms with Crippen LogP contribution in [0.4, 0.5) is 4.79 Å². The number of hydrogen-bond acceptors (Lipinski definition) is 7. The minimum atomic E-state index is -1.62. The molecule has 6 unspecified atom stereocenters. The van der Waals surface area contributed by atoms with Gasteiger partial charge in [0.1, 0.15) is 18.9 Å². The first kappa shape index (κ1) is 30.1. The van der Waals surface area contributed by atoms with Gasteiger partial charge in [-0.1, -0.05) is 62.4 Å². The number of ether oxygens (including phenoxy) is 3. The van der Waals surface area contributed by atoms with E-state index >= 15 is 0 Å². The summed E-state index contributed by atoms with van der Waals surface area (Å²) in [6.07, 6.45) is -0.0606. The second kappa shape index (κ2) is 13.2. The molecule has 0 radical (unpaired) electrons. The van der Waals surface area contributed by atoms with Crippen molar-refractivity contribution in [1.29, 1.82) is 0 Å². The van der Waals surface area contributed by atoms with E-state index in [2.05, 4.69) is 31.3 Å². The van der Waals surface area contributed by atoms with E-state index in [1.807, 2.05) is 26.0 Å². The first-order chi connectivity index (χ1) is 19.0. The first-order valence-corrected chi connectivity index (χ1v) is 14.1. The van der Waals surface area contributed by atoms with Crippen molar-refractivity contribution < 1.29 is 33.8 Å². The molecule has 6 atom stereocenters. The molecular formula is C30H41BN2O7. The lowest BCUT2D eigenvalue weighted by Crippen LogP contribution is -2.49. The van der Waals surface area contributed by atoms with Crippen molar-refractivity contribution in [3.05, 3.63) is 65.2 Å². The Balaban J connectivity index is 1.49. The summed E-state index contributed by atoms with van der Waals surface area (Å²) < 4.78 is 17.5. The molecule has 216 valence electrons. The maximum absolute atomic E-state index is 13.4. The molecule has 10 heteroatoms. The normalized spacial score (nSPS) is 22.8. The Hall–Kier alpha value is -2.92. The lowest BCUT2D eigenvalue weighted by Gasteiger charge is -2.34. The Bertz CT molecular complexity index is 1140. The molecule has 2 aromatic carbocycles. The first-order valence-electron chi connectivity index (χ1n) is 14.1. The fourth-order valence-electron chi connectivity index (χ4n) is 5.46. The quantitative estimate of drug-likeness (QED) is 0.410. The van der Waals surface area contributed by atoms with Crippen LogP contribution in [-0.2, 0) is 25.4 Å². The Morgan fingerprint density at radius 1 is 1.02 bits per heavy atom. The van der Waals surface area contributed by atoms with Crippen LogP contribution in [0.15, 0.2) is 48.5 Å². The molecule has 0 aromatic heterocycles. The Morgan fingerprint density at radius 3 is 2.30 bits per heavy atom. The minimum Gasteiger partial charge on any atom is -0.439 e. The number of rotatable bonds is 9. The van der Waals surface area contributed by atoms with E-state index in [4.69, 9.17) is 14.2 Å². The lowest BCUT2D eigenvalue weighted by molar-refractivity contribution is -0.123. The molecule has 0 spiro atoms. The number of hydrogen-bond donors (Lipinski definition) is 3. The summed E-state index contributed by atoms with van der Waals surface area (Å²) >= 11 is 0. The molecule has 4 rings (SSSR count). The highest BCUT2D eigenvalue weighted by atomic mass is 16.6. The molecule has 2 heterocycles. The molecule has 0 aliphatic carbocycles. The number of fused-ring (bicyclic) bond motifs is 1. The van der Waals surface area contributed by atoms with Crippen molar-refractivity contribution in [2.45, 2.75) is 83.8 Å². The fraction of sp³-hybridized carbons (Fsp3) is 0.533. The Morgan fingerprint density at radius 2 is 1.68 bits per heavy atom. The SMILES string of the molecule is CC(C)Cc1ccc(C(C)C(=O)NC(C)C(OC(=O)N2COC3C(C)OCCC32)c2ccc(B(O)O)cc2)cc1. The molecule has 9 nitrogen and oxygen atoms in total. The highest BCUT2D eigenvalue weighted by Crippen LogP contribution is 2.31. The molecule has 0 bridgehead atoms. The lowest BCUT2D eigenvalue weighted by atomic mass is 9.79. The standard InChI is InChI=1S/C30H41BN2O7/c1-18(2)16-22-6-8-23(9-7-22)19(3)29(34)32-20(4)27(24-10-12-25(13-11-24)31(36)37)40-30(35)33-17-39-28-21(5)38-15-14-26(28)33/h6-13,18-21,26-28,36-37H,14-17H2,1-5H3,(H,32,34). The van der Waals surface area contributed by atoms with Gasteiger partial charge < -0.3 is 29.6 Å². The molecule has 2 fully saturated rings. The summed E-state index contributed by atoms with van der Waals surface area (Å²) in [6, 6.07) is 13.9. The van der Waals surface area contributed by atoms with Gasteiger partial charge in [0.05, 0.1) is 24.1 Å². The van der Waals surface area contributed by atoms with Crippen LogP contribution in [0.5, 0.6) is 0 Å². The van der Waals surface area contributed by atoms with Gasteiger partial charge in [-0.05, 0) is 61.7 Å². The smallest absolute Gasteiger partial charge is 0.439 e. The van der Waals surface area contributed by atoms with Crippen LogP contribution < -0.4 is 10.8 Å². The van der Waals surface area contributed by atoms with E-state index < -0.39 is 31.3 Å². The molecule has 2 amide bonds. The van der Waals surface area contributed by atoms with Crippen molar-refractivity contribution in [1.82, 2.24) is 10.2 Å². The van der Waals surface area contributed by atoms with Gasteiger partial charge in [0, 0.05) is 6.61 Å². The zero-order chi connectivity index (χ0) is 29.0. The van der Waals surface area contributed by atoms with Crippen LogP contribution in [0.3, 0.4) is 0 Å². The Kier molecular flexibility index (Phi) is 9.89. The topological polar surface area (TPSA) is 118 Å². The summed E-state index contributed by atoms with van der Waals surface area (Å²) in [4.78, 5) is 28.3. The van der Waals surface area contributed by atoms with Crippen molar-refractivity contribution in [2.24, 2.45) is 5.92 Å². The third-order valence-corrected chi connectivity index (χ3v) is 7.81. The van der Waals surface area contributed by atoms with E-state index in [1.165, 1.54) is 5.56 Å². The zero-order valence-electron chi connectivity index (χ0n) is 23.9. The molecule has 3 N–H and O–H groups in total. The largest absolute Gasteiger partial charge is 0.488 e. The number of nitrogens with one attached hydrogen (secondary N) is 1. The molecule has 2 aliphatic heterocycles. The van der Waals surface area contributed by atoms with Gasteiger partial charge in [-0.25, -0.2) is 4.79 Å². The van der Waals surface area contributed by atoms with E-state index in [0.29, 0.717) is 30.0 Å². The third kappa shape index (κ3) is 7.04. The highest BCUT2D eigenvalue weighted by Gasteiger charge is 2.45. The van der Waals surface area contributed by atoms with Crippen molar-refractivity contribution in [3.63, 3.8) is 0 Å². The van der Waals surface area contributed by atoms with Crippen molar-refractivity contribution in [3.8, 4) is 0 Å².